The molecule has 32 heavy (non-hydrogen) atoms. The number of rotatable bonds is 3. The Morgan fingerprint density at radius 1 is 1.12 bits per heavy atom. The van der Waals surface area contributed by atoms with Crippen LogP contribution in [0.15, 0.2) is 87.2 Å². The van der Waals surface area contributed by atoms with Crippen LogP contribution in [0.1, 0.15) is 31.2 Å². The molecule has 1 unspecified atom stereocenters. The van der Waals surface area contributed by atoms with Gasteiger partial charge in [-0.15, -0.1) is 0 Å². The van der Waals surface area contributed by atoms with Crippen molar-refractivity contribution < 1.29 is 19.1 Å². The summed E-state index contributed by atoms with van der Waals surface area (Å²) in [5.41, 5.74) is 3.24. The highest BCUT2D eigenvalue weighted by atomic mass is 35.5. The smallest absolute Gasteiger partial charge is 0.342 e. The van der Waals surface area contributed by atoms with E-state index >= 15 is 0 Å². The van der Waals surface area contributed by atoms with Gasteiger partial charge in [0.15, 0.2) is 5.78 Å². The number of Topliss-reactive ketones (excluding diaryl/α,β-unsaturated/α-hetero) is 1. The first-order chi connectivity index (χ1) is 15.6. The molecule has 5 nitrogen and oxygen atoms in total. The molecule has 0 fully saturated rings. The number of nitrogens with one attached hydrogen (secondary N) is 1. The summed E-state index contributed by atoms with van der Waals surface area (Å²) in [6, 6.07) is 15.1. The van der Waals surface area contributed by atoms with Gasteiger partial charge in [-0.2, -0.15) is 0 Å². The Balaban J connectivity index is 1.67. The zero-order valence-corrected chi connectivity index (χ0v) is 18.9. The molecular weight excluding hydrogens is 446 g/mol. The summed E-state index contributed by atoms with van der Waals surface area (Å²) in [5.74, 6) is -0.702. The number of hydrogen-bond donors (Lipinski definition) is 1. The van der Waals surface area contributed by atoms with Crippen molar-refractivity contribution in [1.29, 1.82) is 0 Å². The minimum Gasteiger partial charge on any atom is -0.501 e. The fraction of sp³-hybridized carbons (Fsp3) is 0.200. The van der Waals surface area contributed by atoms with Gasteiger partial charge in [0.05, 0.1) is 40.6 Å². The van der Waals surface area contributed by atoms with Crippen LogP contribution in [0.25, 0.3) is 0 Å². The number of ether oxygens (including phenoxy) is 2. The van der Waals surface area contributed by atoms with Gasteiger partial charge < -0.3 is 14.8 Å². The number of allylic oxidation sites excluding steroid dienone is 3. The van der Waals surface area contributed by atoms with Gasteiger partial charge in [0.1, 0.15) is 5.76 Å². The molecule has 2 aromatic rings. The molecule has 0 bridgehead atoms. The van der Waals surface area contributed by atoms with Crippen LogP contribution in [-0.4, -0.2) is 18.4 Å². The van der Waals surface area contributed by atoms with Gasteiger partial charge in [-0.25, -0.2) is 4.79 Å². The van der Waals surface area contributed by atoms with Crippen LogP contribution in [0, 0.1) is 0 Å². The SMILES string of the molecule is CCOC=C1CCC2=C(C1=O)C(c1ccc(Cl)cc1)/C(=C1/Nc3ccccc3S1)C(=O)O2. The third-order valence-corrected chi connectivity index (χ3v) is 7.01. The first-order valence-electron chi connectivity index (χ1n) is 10.4. The molecule has 162 valence electrons. The van der Waals surface area contributed by atoms with E-state index in [4.69, 9.17) is 21.1 Å². The molecule has 1 atom stereocenters. The number of esters is 1. The second-order valence-corrected chi connectivity index (χ2v) is 9.09. The lowest BCUT2D eigenvalue weighted by molar-refractivity contribution is -0.136. The number of thioether (sulfide) groups is 1. The van der Waals surface area contributed by atoms with E-state index in [-0.39, 0.29) is 5.78 Å². The molecule has 3 aliphatic rings. The molecule has 7 heteroatoms. The Morgan fingerprint density at radius 2 is 1.91 bits per heavy atom. The molecule has 1 N–H and O–H groups in total. The van der Waals surface area contributed by atoms with Crippen molar-refractivity contribution in [2.75, 3.05) is 11.9 Å². The van der Waals surface area contributed by atoms with Crippen LogP contribution < -0.4 is 5.32 Å². The first kappa shape index (κ1) is 20.9. The molecule has 2 aliphatic heterocycles. The number of carbonyl (C=O) groups excluding carboxylic acids is 2. The zero-order chi connectivity index (χ0) is 22.2. The molecule has 2 aromatic carbocycles. The van der Waals surface area contributed by atoms with Crippen molar-refractivity contribution >= 4 is 40.8 Å². The Morgan fingerprint density at radius 3 is 2.66 bits per heavy atom. The number of para-hydroxylation sites is 1. The van der Waals surface area contributed by atoms with E-state index in [2.05, 4.69) is 5.32 Å². The lowest BCUT2D eigenvalue weighted by Crippen LogP contribution is -2.32. The molecule has 0 saturated carbocycles. The number of hydrogen-bond acceptors (Lipinski definition) is 6. The maximum Gasteiger partial charge on any atom is 0.342 e. The first-order valence-corrected chi connectivity index (χ1v) is 11.6. The summed E-state index contributed by atoms with van der Waals surface area (Å²) in [4.78, 5) is 27.8. The van der Waals surface area contributed by atoms with E-state index in [1.54, 1.807) is 12.1 Å². The number of benzene rings is 2. The van der Waals surface area contributed by atoms with Gasteiger partial charge in [0.2, 0.25) is 0 Å². The third-order valence-electron chi connectivity index (χ3n) is 5.66. The Bertz CT molecular complexity index is 1190. The van der Waals surface area contributed by atoms with Crippen molar-refractivity contribution in [1.82, 2.24) is 0 Å². The fourth-order valence-corrected chi connectivity index (χ4v) is 5.36. The van der Waals surface area contributed by atoms with Gasteiger partial charge in [0.25, 0.3) is 0 Å². The van der Waals surface area contributed by atoms with Crippen LogP contribution in [0.5, 0.6) is 0 Å². The molecule has 5 rings (SSSR count). The Labute approximate surface area is 195 Å². The lowest BCUT2D eigenvalue weighted by Gasteiger charge is -2.33. The fourth-order valence-electron chi connectivity index (χ4n) is 4.17. The summed E-state index contributed by atoms with van der Waals surface area (Å²) >= 11 is 7.60. The largest absolute Gasteiger partial charge is 0.501 e. The predicted octanol–water partition coefficient (Wildman–Crippen LogP) is 5.95. The summed E-state index contributed by atoms with van der Waals surface area (Å²) in [5, 5.41) is 4.61. The standard InChI is InChI=1S/C25H20ClNO4S/c1-2-30-13-15-9-12-18-21(23(15)28)20(14-7-10-16(26)11-8-14)22(25(29)31-18)24-27-17-5-3-4-6-19(17)32-24/h3-8,10-11,13,20,27H,2,9,12H2,1H3/b15-13?,24-22+. The third kappa shape index (κ3) is 3.63. The van der Waals surface area contributed by atoms with Crippen LogP contribution in [-0.2, 0) is 19.1 Å². The van der Waals surface area contributed by atoms with Crippen molar-refractivity contribution in [2.24, 2.45) is 0 Å². The maximum atomic E-state index is 13.5. The number of ketones is 1. The van der Waals surface area contributed by atoms with Crippen molar-refractivity contribution in [3.8, 4) is 0 Å². The molecule has 0 amide bonds. The second kappa shape index (κ2) is 8.52. The number of anilines is 1. The highest BCUT2D eigenvalue weighted by molar-refractivity contribution is 8.03. The minimum absolute atomic E-state index is 0.147. The average Bonchev–Trinajstić information content (AvgIpc) is 3.22. The van der Waals surface area contributed by atoms with E-state index in [1.165, 1.54) is 18.0 Å². The molecular formula is C25H20ClNO4S. The van der Waals surface area contributed by atoms with E-state index in [0.29, 0.717) is 52.0 Å². The Kier molecular flexibility index (Phi) is 5.57. The van der Waals surface area contributed by atoms with Crippen LogP contribution in [0.2, 0.25) is 5.02 Å². The van der Waals surface area contributed by atoms with Gasteiger partial charge in [-0.3, -0.25) is 4.79 Å². The summed E-state index contributed by atoms with van der Waals surface area (Å²) in [7, 11) is 0. The molecule has 0 saturated heterocycles. The molecule has 0 aromatic heterocycles. The van der Waals surface area contributed by atoms with Gasteiger partial charge in [0, 0.05) is 21.9 Å². The topological polar surface area (TPSA) is 64.6 Å². The number of halogens is 1. The summed E-state index contributed by atoms with van der Waals surface area (Å²) in [6.45, 7) is 2.35. The molecule has 1 aliphatic carbocycles. The summed E-state index contributed by atoms with van der Waals surface area (Å²) < 4.78 is 11.1. The van der Waals surface area contributed by atoms with Crippen molar-refractivity contribution in [3.05, 3.63) is 92.9 Å². The minimum atomic E-state index is -0.564. The van der Waals surface area contributed by atoms with Crippen LogP contribution in [0.4, 0.5) is 5.69 Å². The normalized spacial score (nSPS) is 23.6. The van der Waals surface area contributed by atoms with Gasteiger partial charge in [-0.1, -0.05) is 47.6 Å². The number of fused-ring (bicyclic) bond motifs is 1. The highest BCUT2D eigenvalue weighted by Gasteiger charge is 2.44. The number of carbonyl (C=O) groups is 2. The van der Waals surface area contributed by atoms with Gasteiger partial charge >= 0.3 is 5.97 Å². The van der Waals surface area contributed by atoms with Crippen molar-refractivity contribution in [2.45, 2.75) is 30.6 Å². The van der Waals surface area contributed by atoms with Crippen molar-refractivity contribution in [3.63, 3.8) is 0 Å². The molecule has 0 radical (unpaired) electrons. The lowest BCUT2D eigenvalue weighted by atomic mass is 9.76. The molecule has 0 spiro atoms. The maximum absolute atomic E-state index is 13.5. The Hall–Kier alpha value is -2.96. The predicted molar refractivity (Wildman–Crippen MR) is 124 cm³/mol. The monoisotopic (exact) mass is 465 g/mol. The van der Waals surface area contributed by atoms with E-state index in [1.807, 2.05) is 43.3 Å². The van der Waals surface area contributed by atoms with Gasteiger partial charge in [-0.05, 0) is 43.2 Å². The van der Waals surface area contributed by atoms with Crippen LogP contribution >= 0.6 is 23.4 Å². The van der Waals surface area contributed by atoms with E-state index in [9.17, 15) is 9.59 Å². The highest BCUT2D eigenvalue weighted by Crippen LogP contribution is 2.50. The summed E-state index contributed by atoms with van der Waals surface area (Å²) in [6.07, 6.45) is 2.48. The van der Waals surface area contributed by atoms with Crippen LogP contribution in [0.3, 0.4) is 0 Å². The van der Waals surface area contributed by atoms with E-state index < -0.39 is 11.9 Å². The molecule has 2 heterocycles. The van der Waals surface area contributed by atoms with E-state index in [0.717, 1.165) is 16.1 Å². The quantitative estimate of drug-likeness (QED) is 0.343. The second-order valence-electron chi connectivity index (χ2n) is 7.60. The average molecular weight is 466 g/mol. The zero-order valence-electron chi connectivity index (χ0n) is 17.3.